The van der Waals surface area contributed by atoms with Crippen molar-refractivity contribution in [3.8, 4) is 11.5 Å². The number of benzene rings is 1. The van der Waals surface area contributed by atoms with E-state index < -0.39 is 0 Å². The maximum atomic E-state index is 8.93. The number of hydrogen-bond acceptors (Lipinski definition) is 3. The number of rotatable bonds is 0. The van der Waals surface area contributed by atoms with Gasteiger partial charge in [-0.25, -0.2) is 0 Å². The molecule has 0 amide bonds. The quantitative estimate of drug-likeness (QED) is 0.682. The van der Waals surface area contributed by atoms with E-state index in [9.17, 15) is 0 Å². The van der Waals surface area contributed by atoms with Crippen LogP contribution in [0.5, 0.6) is 11.5 Å². The molecule has 1 aliphatic heterocycles. The van der Waals surface area contributed by atoms with Crippen molar-refractivity contribution in [1.29, 1.82) is 0 Å². The van der Waals surface area contributed by atoms with Crippen molar-refractivity contribution in [1.82, 2.24) is 0 Å². The highest BCUT2D eigenvalue weighted by Crippen LogP contribution is 2.27. The summed E-state index contributed by atoms with van der Waals surface area (Å²) < 4.78 is 5.21. The Morgan fingerprint density at radius 2 is 1.71 bits per heavy atom. The Kier molecular flexibility index (Phi) is 4.82. The highest BCUT2D eigenvalue weighted by Gasteiger charge is 2.20. The van der Waals surface area contributed by atoms with Gasteiger partial charge in [0, 0.05) is 13.2 Å². The highest BCUT2D eigenvalue weighted by molar-refractivity contribution is 5.37. The number of phenolic OH excluding ortho intramolecular Hbond substituents is 2. The first kappa shape index (κ1) is 13.8. The van der Waals surface area contributed by atoms with E-state index in [2.05, 4.69) is 13.8 Å². The van der Waals surface area contributed by atoms with Gasteiger partial charge in [0.1, 0.15) is 11.5 Å². The number of aryl methyl sites for hydroxylation is 1. The lowest BCUT2D eigenvalue weighted by Gasteiger charge is -2.28. The zero-order valence-electron chi connectivity index (χ0n) is 10.9. The van der Waals surface area contributed by atoms with E-state index in [4.69, 9.17) is 14.9 Å². The van der Waals surface area contributed by atoms with Crippen molar-refractivity contribution < 1.29 is 14.9 Å². The van der Waals surface area contributed by atoms with E-state index in [1.54, 1.807) is 6.92 Å². The first-order valence-electron chi connectivity index (χ1n) is 5.97. The summed E-state index contributed by atoms with van der Waals surface area (Å²) in [5.74, 6) is 0.401. The molecule has 0 aromatic heterocycles. The average molecular weight is 238 g/mol. The first-order valence-corrected chi connectivity index (χ1v) is 5.97. The van der Waals surface area contributed by atoms with Gasteiger partial charge in [-0.05, 0) is 48.9 Å². The number of hydrogen-bond donors (Lipinski definition) is 2. The summed E-state index contributed by atoms with van der Waals surface area (Å²) in [7, 11) is 0. The molecule has 0 saturated carbocycles. The zero-order valence-corrected chi connectivity index (χ0v) is 10.9. The predicted octanol–water partition coefficient (Wildman–Crippen LogP) is 3.23. The van der Waals surface area contributed by atoms with E-state index in [0.29, 0.717) is 11.0 Å². The maximum Gasteiger partial charge on any atom is 0.118 e. The van der Waals surface area contributed by atoms with Crippen molar-refractivity contribution in [3.63, 3.8) is 0 Å². The predicted molar refractivity (Wildman–Crippen MR) is 68.3 cm³/mol. The topological polar surface area (TPSA) is 49.7 Å². The normalized spacial score (nSPS) is 18.1. The van der Waals surface area contributed by atoms with Gasteiger partial charge in [0.15, 0.2) is 0 Å². The zero-order chi connectivity index (χ0) is 12.9. The molecule has 0 radical (unpaired) electrons. The van der Waals surface area contributed by atoms with Gasteiger partial charge in [-0.2, -0.15) is 0 Å². The molecule has 1 aromatic rings. The number of ether oxygens (including phenoxy) is 1. The summed E-state index contributed by atoms with van der Waals surface area (Å²) in [6, 6.07) is 4.42. The van der Waals surface area contributed by atoms with Crippen LogP contribution in [0, 0.1) is 12.3 Å². The van der Waals surface area contributed by atoms with Crippen LogP contribution in [0.3, 0.4) is 0 Å². The summed E-state index contributed by atoms with van der Waals surface area (Å²) in [4.78, 5) is 0. The van der Waals surface area contributed by atoms with Gasteiger partial charge in [-0.15, -0.1) is 0 Å². The molecule has 0 unspecified atom stereocenters. The fraction of sp³-hybridized carbons (Fsp3) is 0.571. The third-order valence-corrected chi connectivity index (χ3v) is 3.03. The minimum atomic E-state index is 0.185. The molecular formula is C14H22O3. The lowest BCUT2D eigenvalue weighted by molar-refractivity contribution is 0.0327. The van der Waals surface area contributed by atoms with E-state index in [-0.39, 0.29) is 11.5 Å². The van der Waals surface area contributed by atoms with Crippen LogP contribution in [0.4, 0.5) is 0 Å². The van der Waals surface area contributed by atoms with E-state index in [0.717, 1.165) is 13.2 Å². The van der Waals surface area contributed by atoms with Crippen molar-refractivity contribution in [2.24, 2.45) is 5.41 Å². The molecule has 0 spiro atoms. The van der Waals surface area contributed by atoms with E-state index >= 15 is 0 Å². The Bertz CT molecular complexity index is 350. The fourth-order valence-electron chi connectivity index (χ4n) is 1.56. The van der Waals surface area contributed by atoms with Gasteiger partial charge < -0.3 is 14.9 Å². The van der Waals surface area contributed by atoms with Crippen molar-refractivity contribution in [2.75, 3.05) is 13.2 Å². The molecule has 1 saturated heterocycles. The summed E-state index contributed by atoms with van der Waals surface area (Å²) >= 11 is 0. The number of aromatic hydroxyl groups is 2. The highest BCUT2D eigenvalue weighted by atomic mass is 16.5. The van der Waals surface area contributed by atoms with E-state index in [1.807, 2.05) is 0 Å². The Morgan fingerprint density at radius 3 is 2.06 bits per heavy atom. The van der Waals surface area contributed by atoms with Crippen LogP contribution in [0.2, 0.25) is 0 Å². The molecule has 0 bridgehead atoms. The molecule has 17 heavy (non-hydrogen) atoms. The van der Waals surface area contributed by atoms with Gasteiger partial charge in [0.25, 0.3) is 0 Å². The van der Waals surface area contributed by atoms with Crippen LogP contribution < -0.4 is 0 Å². The molecule has 2 rings (SSSR count). The third-order valence-electron chi connectivity index (χ3n) is 3.03. The van der Waals surface area contributed by atoms with Crippen LogP contribution in [-0.4, -0.2) is 23.4 Å². The second kappa shape index (κ2) is 5.92. The molecule has 3 nitrogen and oxygen atoms in total. The average Bonchev–Trinajstić information content (AvgIpc) is 2.24. The fourth-order valence-corrected chi connectivity index (χ4v) is 1.56. The third kappa shape index (κ3) is 5.09. The molecule has 1 fully saturated rings. The summed E-state index contributed by atoms with van der Waals surface area (Å²) in [5.41, 5.74) is 1.24. The second-order valence-corrected chi connectivity index (χ2v) is 5.25. The van der Waals surface area contributed by atoms with Crippen LogP contribution >= 0.6 is 0 Å². The van der Waals surface area contributed by atoms with Gasteiger partial charge in [-0.1, -0.05) is 13.8 Å². The Labute approximate surface area is 103 Å². The SMILES string of the molecule is CC1(C)CCOCC1.Cc1cc(O)ccc1O. The van der Waals surface area contributed by atoms with Crippen molar-refractivity contribution in [2.45, 2.75) is 33.6 Å². The monoisotopic (exact) mass is 238 g/mol. The standard InChI is InChI=1S/C7H8O2.C7H14O/c1-5-4-6(8)2-3-7(5)9;1-7(2)3-5-8-6-4-7/h2-4,8-9H,1H3;3-6H2,1-2H3. The van der Waals surface area contributed by atoms with Crippen LogP contribution in [0.25, 0.3) is 0 Å². The molecule has 1 aromatic carbocycles. The van der Waals surface area contributed by atoms with Crippen molar-refractivity contribution >= 4 is 0 Å². The number of phenols is 2. The first-order chi connectivity index (χ1) is 7.91. The minimum Gasteiger partial charge on any atom is -0.508 e. The molecule has 96 valence electrons. The lowest BCUT2D eigenvalue weighted by atomic mass is 9.85. The van der Waals surface area contributed by atoms with Crippen LogP contribution in [0.1, 0.15) is 32.3 Å². The summed E-state index contributed by atoms with van der Waals surface area (Å²) in [5, 5.41) is 17.8. The molecule has 1 aliphatic rings. The molecule has 3 heteroatoms. The molecular weight excluding hydrogens is 216 g/mol. The van der Waals surface area contributed by atoms with Crippen LogP contribution in [0.15, 0.2) is 18.2 Å². The van der Waals surface area contributed by atoms with Gasteiger partial charge in [0.2, 0.25) is 0 Å². The van der Waals surface area contributed by atoms with Gasteiger partial charge in [-0.3, -0.25) is 0 Å². The van der Waals surface area contributed by atoms with E-state index in [1.165, 1.54) is 31.0 Å². The molecule has 2 N–H and O–H groups in total. The Balaban J connectivity index is 0.000000171. The largest absolute Gasteiger partial charge is 0.508 e. The molecule has 1 heterocycles. The maximum absolute atomic E-state index is 8.93. The Morgan fingerprint density at radius 1 is 1.12 bits per heavy atom. The molecule has 0 atom stereocenters. The molecule has 0 aliphatic carbocycles. The second-order valence-electron chi connectivity index (χ2n) is 5.25. The van der Waals surface area contributed by atoms with Crippen LogP contribution in [-0.2, 0) is 4.74 Å². The van der Waals surface area contributed by atoms with Gasteiger partial charge >= 0.3 is 0 Å². The Hall–Kier alpha value is -1.22. The summed E-state index contributed by atoms with van der Waals surface area (Å²) in [6.07, 6.45) is 2.46. The van der Waals surface area contributed by atoms with Gasteiger partial charge in [0.05, 0.1) is 0 Å². The minimum absolute atomic E-state index is 0.185. The lowest BCUT2D eigenvalue weighted by Crippen LogP contribution is -2.22. The summed E-state index contributed by atoms with van der Waals surface area (Å²) in [6.45, 7) is 8.26. The smallest absolute Gasteiger partial charge is 0.118 e. The van der Waals surface area contributed by atoms with Crippen molar-refractivity contribution in [3.05, 3.63) is 23.8 Å².